The van der Waals surface area contributed by atoms with Gasteiger partial charge in [0.1, 0.15) is 17.0 Å². The molecule has 0 fully saturated rings. The molecule has 10 heteroatoms. The highest BCUT2D eigenvalue weighted by molar-refractivity contribution is 6.00. The van der Waals surface area contributed by atoms with Gasteiger partial charge in [-0.2, -0.15) is 4.98 Å². The van der Waals surface area contributed by atoms with Crippen molar-refractivity contribution in [2.45, 2.75) is 39.2 Å². The van der Waals surface area contributed by atoms with Gasteiger partial charge in [0.2, 0.25) is 17.6 Å². The number of hydrogen-bond donors (Lipinski definition) is 3. The number of amides is 1. The molecular weight excluding hydrogens is 378 g/mol. The Morgan fingerprint density at radius 1 is 1.28 bits per heavy atom. The first-order valence-corrected chi connectivity index (χ1v) is 9.17. The monoisotopic (exact) mass is 399 g/mol. The minimum Gasteiger partial charge on any atom is -0.506 e. The fourth-order valence-corrected chi connectivity index (χ4v) is 2.66. The summed E-state index contributed by atoms with van der Waals surface area (Å²) in [7, 11) is 0. The zero-order valence-electron chi connectivity index (χ0n) is 15.8. The number of carbonyl (C=O) groups excluding carboxylic acids is 1. The van der Waals surface area contributed by atoms with E-state index >= 15 is 0 Å². The minimum atomic E-state index is -1.10. The van der Waals surface area contributed by atoms with Crippen molar-refractivity contribution in [1.29, 1.82) is 0 Å². The Bertz CT molecular complexity index is 993. The van der Waals surface area contributed by atoms with Gasteiger partial charge in [-0.25, -0.2) is 9.78 Å². The first kappa shape index (κ1) is 20.1. The van der Waals surface area contributed by atoms with Crippen molar-refractivity contribution in [3.05, 3.63) is 42.2 Å². The number of hydrogen-bond acceptors (Lipinski definition) is 7. The second-order valence-electron chi connectivity index (χ2n) is 6.44. The van der Waals surface area contributed by atoms with Crippen LogP contribution in [0.3, 0.4) is 0 Å². The molecule has 3 N–H and O–H groups in total. The number of nitrogens with one attached hydrogen (secondary N) is 1. The quantitative estimate of drug-likeness (QED) is 0.498. The number of pyridine rings is 1. The second kappa shape index (κ2) is 9.00. The summed E-state index contributed by atoms with van der Waals surface area (Å²) < 4.78 is 6.88. The molecule has 0 spiro atoms. The van der Waals surface area contributed by atoms with Gasteiger partial charge >= 0.3 is 5.97 Å². The predicted octanol–water partition coefficient (Wildman–Crippen LogP) is 2.71. The fraction of sp³-hybridized carbons (Fsp3) is 0.316. The first-order chi connectivity index (χ1) is 14.0. The SMILES string of the molecule is CCCCn1cc(NC(=O)CCc2nc(-c3ccc(O)cn3)no2)c(C(=O)O)c1. The Hall–Kier alpha value is -3.69. The van der Waals surface area contributed by atoms with Crippen LogP contribution in [-0.4, -0.2) is 41.8 Å². The maximum absolute atomic E-state index is 12.3. The number of aromatic carboxylic acids is 1. The molecular formula is C19H21N5O5. The van der Waals surface area contributed by atoms with Gasteiger partial charge in [0.05, 0.1) is 11.9 Å². The lowest BCUT2D eigenvalue weighted by molar-refractivity contribution is -0.116. The highest BCUT2D eigenvalue weighted by atomic mass is 16.5. The number of nitrogens with zero attached hydrogens (tertiary/aromatic N) is 4. The van der Waals surface area contributed by atoms with Crippen molar-refractivity contribution in [1.82, 2.24) is 19.7 Å². The van der Waals surface area contributed by atoms with Gasteiger partial charge < -0.3 is 24.6 Å². The molecule has 0 aliphatic heterocycles. The van der Waals surface area contributed by atoms with Crippen LogP contribution in [-0.2, 0) is 17.8 Å². The maximum Gasteiger partial charge on any atom is 0.339 e. The van der Waals surface area contributed by atoms with Crippen molar-refractivity contribution in [2.75, 3.05) is 5.32 Å². The van der Waals surface area contributed by atoms with Gasteiger partial charge in [-0.05, 0) is 18.6 Å². The summed E-state index contributed by atoms with van der Waals surface area (Å²) in [6.07, 6.45) is 6.54. The molecule has 0 unspecified atom stereocenters. The third-order valence-electron chi connectivity index (χ3n) is 4.17. The van der Waals surface area contributed by atoms with E-state index in [0.717, 1.165) is 12.8 Å². The molecule has 0 radical (unpaired) electrons. The highest BCUT2D eigenvalue weighted by Gasteiger charge is 2.17. The number of unbranched alkanes of at least 4 members (excludes halogenated alkanes) is 1. The number of aromatic hydroxyl groups is 1. The second-order valence-corrected chi connectivity index (χ2v) is 6.44. The Balaban J connectivity index is 1.59. The normalized spacial score (nSPS) is 10.8. The molecule has 3 aromatic rings. The Labute approximate surface area is 166 Å². The van der Waals surface area contributed by atoms with E-state index in [2.05, 4.69) is 20.4 Å². The number of aryl methyl sites for hydroxylation is 2. The third-order valence-corrected chi connectivity index (χ3v) is 4.17. The van der Waals surface area contributed by atoms with E-state index in [0.29, 0.717) is 12.2 Å². The largest absolute Gasteiger partial charge is 0.506 e. The summed E-state index contributed by atoms with van der Waals surface area (Å²) >= 11 is 0. The molecule has 0 aliphatic rings. The summed E-state index contributed by atoms with van der Waals surface area (Å²) in [5, 5.41) is 25.0. The standard InChI is InChI=1S/C19H21N5O5/c1-2-3-8-24-10-13(19(27)28)15(11-24)21-16(26)6-7-17-22-18(23-29-17)14-5-4-12(25)9-20-14/h4-5,9-11,25H,2-3,6-8H2,1H3,(H,21,26)(H,27,28). The van der Waals surface area contributed by atoms with Crippen LogP contribution in [0.2, 0.25) is 0 Å². The topological polar surface area (TPSA) is 143 Å². The number of carboxylic acid groups (broad SMARTS) is 1. The van der Waals surface area contributed by atoms with E-state index in [4.69, 9.17) is 4.52 Å². The third kappa shape index (κ3) is 5.18. The molecule has 3 aromatic heterocycles. The Kier molecular flexibility index (Phi) is 6.22. The van der Waals surface area contributed by atoms with E-state index in [-0.39, 0.29) is 47.5 Å². The lowest BCUT2D eigenvalue weighted by Gasteiger charge is -2.03. The van der Waals surface area contributed by atoms with E-state index in [1.807, 2.05) is 6.92 Å². The molecule has 0 saturated heterocycles. The van der Waals surface area contributed by atoms with E-state index in [1.54, 1.807) is 16.8 Å². The van der Waals surface area contributed by atoms with Gasteiger partial charge in [0, 0.05) is 31.8 Å². The number of carbonyl (C=O) groups is 2. The lowest BCUT2D eigenvalue weighted by atomic mass is 10.2. The minimum absolute atomic E-state index is 0.0263. The number of rotatable bonds is 9. The summed E-state index contributed by atoms with van der Waals surface area (Å²) in [5.41, 5.74) is 0.743. The molecule has 29 heavy (non-hydrogen) atoms. The lowest BCUT2D eigenvalue weighted by Crippen LogP contribution is -2.14. The van der Waals surface area contributed by atoms with E-state index < -0.39 is 5.97 Å². The zero-order chi connectivity index (χ0) is 20.8. The molecule has 0 aromatic carbocycles. The highest BCUT2D eigenvalue weighted by Crippen LogP contribution is 2.19. The first-order valence-electron chi connectivity index (χ1n) is 9.17. The zero-order valence-corrected chi connectivity index (χ0v) is 15.8. The fourth-order valence-electron chi connectivity index (χ4n) is 2.66. The summed E-state index contributed by atoms with van der Waals surface area (Å²) in [4.78, 5) is 31.8. The van der Waals surface area contributed by atoms with Crippen molar-refractivity contribution in [3.63, 3.8) is 0 Å². The molecule has 0 aliphatic carbocycles. The molecule has 10 nitrogen and oxygen atoms in total. The van der Waals surface area contributed by atoms with E-state index in [1.165, 1.54) is 18.5 Å². The molecule has 3 rings (SSSR count). The van der Waals surface area contributed by atoms with Crippen molar-refractivity contribution in [3.8, 4) is 17.3 Å². The van der Waals surface area contributed by atoms with Crippen LogP contribution in [0.25, 0.3) is 11.5 Å². The van der Waals surface area contributed by atoms with Crippen LogP contribution in [0, 0.1) is 0 Å². The van der Waals surface area contributed by atoms with Gasteiger partial charge in [-0.3, -0.25) is 4.79 Å². The van der Waals surface area contributed by atoms with Crippen LogP contribution < -0.4 is 5.32 Å². The molecule has 0 saturated carbocycles. The average Bonchev–Trinajstić information content (AvgIpc) is 3.32. The van der Waals surface area contributed by atoms with Gasteiger partial charge in [-0.1, -0.05) is 18.5 Å². The summed E-state index contributed by atoms with van der Waals surface area (Å²) in [6, 6.07) is 3.01. The van der Waals surface area contributed by atoms with Crippen molar-refractivity contribution < 1.29 is 24.3 Å². The molecule has 0 bridgehead atoms. The number of anilines is 1. The van der Waals surface area contributed by atoms with Crippen molar-refractivity contribution in [2.24, 2.45) is 0 Å². The average molecular weight is 399 g/mol. The molecule has 0 atom stereocenters. The molecule has 152 valence electrons. The predicted molar refractivity (Wildman–Crippen MR) is 102 cm³/mol. The summed E-state index contributed by atoms with van der Waals surface area (Å²) in [5.74, 6) is -0.925. The number of aromatic nitrogens is 4. The maximum atomic E-state index is 12.3. The Morgan fingerprint density at radius 3 is 2.79 bits per heavy atom. The van der Waals surface area contributed by atoms with Crippen LogP contribution in [0.15, 0.2) is 35.2 Å². The molecule has 1 amide bonds. The van der Waals surface area contributed by atoms with Crippen LogP contribution in [0.1, 0.15) is 42.4 Å². The van der Waals surface area contributed by atoms with Crippen LogP contribution in [0.4, 0.5) is 5.69 Å². The van der Waals surface area contributed by atoms with Gasteiger partial charge in [-0.15, -0.1) is 0 Å². The van der Waals surface area contributed by atoms with Gasteiger partial charge in [0.15, 0.2) is 0 Å². The van der Waals surface area contributed by atoms with Gasteiger partial charge in [0.25, 0.3) is 0 Å². The van der Waals surface area contributed by atoms with Crippen molar-refractivity contribution >= 4 is 17.6 Å². The van der Waals surface area contributed by atoms with E-state index in [9.17, 15) is 19.8 Å². The number of carboxylic acids is 1. The Morgan fingerprint density at radius 2 is 2.10 bits per heavy atom. The van der Waals surface area contributed by atoms with Crippen LogP contribution >= 0.6 is 0 Å². The smallest absolute Gasteiger partial charge is 0.339 e. The van der Waals surface area contributed by atoms with Crippen LogP contribution in [0.5, 0.6) is 5.75 Å². The molecule has 3 heterocycles. The summed E-state index contributed by atoms with van der Waals surface area (Å²) in [6.45, 7) is 2.73.